The van der Waals surface area contributed by atoms with E-state index in [-0.39, 0.29) is 0 Å². The summed E-state index contributed by atoms with van der Waals surface area (Å²) < 4.78 is 0. The van der Waals surface area contributed by atoms with Crippen molar-refractivity contribution in [3.8, 4) is 0 Å². The lowest BCUT2D eigenvalue weighted by Crippen LogP contribution is -2.44. The van der Waals surface area contributed by atoms with E-state index in [1.54, 1.807) is 0 Å². The van der Waals surface area contributed by atoms with Crippen LogP contribution in [0, 0.1) is 5.92 Å². The van der Waals surface area contributed by atoms with Crippen LogP contribution in [0.15, 0.2) is 0 Å². The number of hydrogen-bond acceptors (Lipinski definition) is 4. The quantitative estimate of drug-likeness (QED) is 0.752. The molecule has 0 aromatic rings. The summed E-state index contributed by atoms with van der Waals surface area (Å²) >= 11 is 0. The van der Waals surface area contributed by atoms with Crippen molar-refractivity contribution in [1.29, 1.82) is 0 Å². The van der Waals surface area contributed by atoms with Gasteiger partial charge in [-0.15, -0.1) is 0 Å². The number of likely N-dealkylation sites (N-methyl/N-ethyl adjacent to an activating group) is 1. The lowest BCUT2D eigenvalue weighted by atomic mass is 9.88. The Labute approximate surface area is 117 Å². The van der Waals surface area contributed by atoms with E-state index in [1.165, 1.54) is 19.4 Å². The van der Waals surface area contributed by atoms with E-state index >= 15 is 0 Å². The van der Waals surface area contributed by atoms with E-state index in [2.05, 4.69) is 23.9 Å². The van der Waals surface area contributed by atoms with E-state index < -0.39 is 5.60 Å². The maximum Gasteiger partial charge on any atom is 0.0797 e. The van der Waals surface area contributed by atoms with Crippen molar-refractivity contribution in [3.63, 3.8) is 0 Å². The molecule has 1 aliphatic heterocycles. The zero-order valence-electron chi connectivity index (χ0n) is 12.6. The second-order valence-electron chi connectivity index (χ2n) is 6.78. The van der Waals surface area contributed by atoms with Gasteiger partial charge in [-0.3, -0.25) is 4.90 Å². The molecule has 0 spiro atoms. The molecule has 0 amide bonds. The molecule has 0 aromatic heterocycles. The Balaban J connectivity index is 1.81. The number of nitrogens with two attached hydrogens (primary N) is 1. The first-order valence-corrected chi connectivity index (χ1v) is 7.86. The number of hydrogen-bond donors (Lipinski definition) is 2. The Bertz CT molecular complexity index is 285. The molecule has 3 atom stereocenters. The highest BCUT2D eigenvalue weighted by Gasteiger charge is 2.40. The summed E-state index contributed by atoms with van der Waals surface area (Å²) in [4.78, 5) is 4.91. The van der Waals surface area contributed by atoms with Crippen LogP contribution in [-0.4, -0.2) is 66.8 Å². The third-order valence-corrected chi connectivity index (χ3v) is 5.12. The zero-order chi connectivity index (χ0) is 13.9. The predicted molar refractivity (Wildman–Crippen MR) is 79.1 cm³/mol. The Kier molecular flexibility index (Phi) is 5.23. The van der Waals surface area contributed by atoms with Crippen LogP contribution in [0.25, 0.3) is 0 Å². The van der Waals surface area contributed by atoms with Crippen molar-refractivity contribution in [2.45, 2.75) is 50.2 Å². The minimum Gasteiger partial charge on any atom is -0.388 e. The van der Waals surface area contributed by atoms with Crippen LogP contribution in [0.4, 0.5) is 0 Å². The summed E-state index contributed by atoms with van der Waals surface area (Å²) in [6.07, 6.45) is 6.95. The predicted octanol–water partition coefficient (Wildman–Crippen LogP) is 0.892. The lowest BCUT2D eigenvalue weighted by Gasteiger charge is -2.32. The van der Waals surface area contributed by atoms with Crippen molar-refractivity contribution >= 4 is 0 Å². The molecular formula is C15H31N3O. The van der Waals surface area contributed by atoms with Gasteiger partial charge in [-0.2, -0.15) is 0 Å². The SMILES string of the molecule is CN(C)CC1CCCN1CCC1CCCC1(O)CN. The van der Waals surface area contributed by atoms with Gasteiger partial charge < -0.3 is 15.7 Å². The minimum atomic E-state index is -0.573. The monoisotopic (exact) mass is 269 g/mol. The number of aliphatic hydroxyl groups is 1. The first kappa shape index (κ1) is 15.2. The molecule has 19 heavy (non-hydrogen) atoms. The van der Waals surface area contributed by atoms with Crippen molar-refractivity contribution in [2.75, 3.05) is 40.3 Å². The van der Waals surface area contributed by atoms with Gasteiger partial charge in [0.15, 0.2) is 0 Å². The molecule has 2 aliphatic rings. The Morgan fingerprint density at radius 1 is 1.32 bits per heavy atom. The van der Waals surface area contributed by atoms with Gasteiger partial charge in [-0.05, 0) is 65.2 Å². The van der Waals surface area contributed by atoms with Gasteiger partial charge in [0.05, 0.1) is 5.60 Å². The maximum absolute atomic E-state index is 10.5. The lowest BCUT2D eigenvalue weighted by molar-refractivity contribution is 0.00381. The molecule has 4 heteroatoms. The molecule has 3 unspecified atom stereocenters. The molecular weight excluding hydrogens is 238 g/mol. The van der Waals surface area contributed by atoms with Gasteiger partial charge in [0.25, 0.3) is 0 Å². The van der Waals surface area contributed by atoms with Crippen molar-refractivity contribution in [3.05, 3.63) is 0 Å². The van der Waals surface area contributed by atoms with E-state index in [4.69, 9.17) is 5.73 Å². The molecule has 1 aliphatic carbocycles. The van der Waals surface area contributed by atoms with Crippen LogP contribution in [0.1, 0.15) is 38.5 Å². The fraction of sp³-hybridized carbons (Fsp3) is 1.00. The second-order valence-corrected chi connectivity index (χ2v) is 6.78. The third kappa shape index (κ3) is 3.69. The van der Waals surface area contributed by atoms with Crippen molar-refractivity contribution < 1.29 is 5.11 Å². The molecule has 3 N–H and O–H groups in total. The maximum atomic E-state index is 10.5. The molecule has 0 radical (unpaired) electrons. The van der Waals surface area contributed by atoms with E-state index in [0.717, 1.165) is 38.8 Å². The normalized spacial score (nSPS) is 36.5. The average Bonchev–Trinajstić information content (AvgIpc) is 2.94. The Morgan fingerprint density at radius 3 is 2.79 bits per heavy atom. The molecule has 1 heterocycles. The Morgan fingerprint density at radius 2 is 2.11 bits per heavy atom. The van der Waals surface area contributed by atoms with Gasteiger partial charge in [-0.1, -0.05) is 6.42 Å². The summed E-state index contributed by atoms with van der Waals surface area (Å²) in [6, 6.07) is 0.711. The summed E-state index contributed by atoms with van der Waals surface area (Å²) in [5.41, 5.74) is 5.19. The number of likely N-dealkylation sites (tertiary alicyclic amines) is 1. The van der Waals surface area contributed by atoms with E-state index in [9.17, 15) is 5.11 Å². The fourth-order valence-corrected chi connectivity index (χ4v) is 3.95. The van der Waals surface area contributed by atoms with Crippen molar-refractivity contribution in [1.82, 2.24) is 9.80 Å². The molecule has 1 saturated heterocycles. The van der Waals surface area contributed by atoms with E-state index in [1.807, 2.05) is 0 Å². The van der Waals surface area contributed by atoms with Crippen LogP contribution in [0.2, 0.25) is 0 Å². The highest BCUT2D eigenvalue weighted by Crippen LogP contribution is 2.37. The second kappa shape index (κ2) is 6.53. The van der Waals surface area contributed by atoms with Crippen molar-refractivity contribution in [2.24, 2.45) is 11.7 Å². The smallest absolute Gasteiger partial charge is 0.0797 e. The Hall–Kier alpha value is -0.160. The van der Waals surface area contributed by atoms with Crippen LogP contribution in [0.3, 0.4) is 0 Å². The highest BCUT2D eigenvalue weighted by atomic mass is 16.3. The van der Waals surface area contributed by atoms with Gasteiger partial charge in [-0.25, -0.2) is 0 Å². The summed E-state index contributed by atoms with van der Waals surface area (Å²) in [5, 5.41) is 10.5. The highest BCUT2D eigenvalue weighted by molar-refractivity contribution is 4.94. The molecule has 1 saturated carbocycles. The number of rotatable bonds is 6. The van der Waals surface area contributed by atoms with Gasteiger partial charge >= 0.3 is 0 Å². The number of nitrogens with zero attached hydrogens (tertiary/aromatic N) is 2. The summed E-state index contributed by atoms with van der Waals surface area (Å²) in [6.45, 7) is 3.95. The largest absolute Gasteiger partial charge is 0.388 e. The van der Waals surface area contributed by atoms with Gasteiger partial charge in [0.1, 0.15) is 0 Å². The standard InChI is InChI=1S/C15H31N3O/c1-17(2)11-14-6-4-9-18(14)10-7-13-5-3-8-15(13,19)12-16/h13-14,19H,3-12,16H2,1-2H3. The minimum absolute atomic E-state index is 0.415. The molecule has 2 fully saturated rings. The topological polar surface area (TPSA) is 52.7 Å². The van der Waals surface area contributed by atoms with E-state index in [0.29, 0.717) is 18.5 Å². The first-order chi connectivity index (χ1) is 9.05. The molecule has 4 nitrogen and oxygen atoms in total. The van der Waals surface area contributed by atoms with Crippen LogP contribution in [-0.2, 0) is 0 Å². The summed E-state index contributed by atoms with van der Waals surface area (Å²) in [7, 11) is 4.31. The van der Waals surface area contributed by atoms with Crippen LogP contribution in [0.5, 0.6) is 0 Å². The average molecular weight is 269 g/mol. The van der Waals surface area contributed by atoms with Crippen LogP contribution >= 0.6 is 0 Å². The van der Waals surface area contributed by atoms with Crippen LogP contribution < -0.4 is 5.73 Å². The van der Waals surface area contributed by atoms with Gasteiger partial charge in [0.2, 0.25) is 0 Å². The molecule has 2 rings (SSSR count). The van der Waals surface area contributed by atoms with Gasteiger partial charge in [0, 0.05) is 19.1 Å². The zero-order valence-corrected chi connectivity index (χ0v) is 12.6. The first-order valence-electron chi connectivity index (χ1n) is 7.86. The summed E-state index contributed by atoms with van der Waals surface area (Å²) in [5.74, 6) is 0.415. The molecule has 0 aromatic carbocycles. The third-order valence-electron chi connectivity index (χ3n) is 5.12. The molecule has 0 bridgehead atoms. The fourth-order valence-electron chi connectivity index (χ4n) is 3.95. The molecule has 112 valence electrons.